The van der Waals surface area contributed by atoms with Gasteiger partial charge in [-0.2, -0.15) is 0 Å². The van der Waals surface area contributed by atoms with E-state index in [1.165, 1.54) is 0 Å². The van der Waals surface area contributed by atoms with Crippen molar-refractivity contribution in [1.82, 2.24) is 0 Å². The molecule has 1 N–H and O–H groups in total. The fourth-order valence-electron chi connectivity index (χ4n) is 2.02. The van der Waals surface area contributed by atoms with Gasteiger partial charge in [-0.15, -0.1) is 0 Å². The normalized spacial score (nSPS) is 22.6. The van der Waals surface area contributed by atoms with Gasteiger partial charge in [0.15, 0.2) is 5.78 Å². The maximum atomic E-state index is 11.7. The molecule has 1 atom stereocenters. The summed E-state index contributed by atoms with van der Waals surface area (Å²) in [6.07, 6.45) is 2.87. The standard InChI is InChI=1S/C12H22O2/c1-11(2,3)8-9(13)10(14)12(4)6-5-7-12/h10,14H,5-8H2,1-4H3. The van der Waals surface area contributed by atoms with Gasteiger partial charge in [0.25, 0.3) is 0 Å². The van der Waals surface area contributed by atoms with Gasteiger partial charge < -0.3 is 5.11 Å². The maximum absolute atomic E-state index is 11.7. The molecule has 0 aliphatic heterocycles. The van der Waals surface area contributed by atoms with Gasteiger partial charge in [0, 0.05) is 11.8 Å². The van der Waals surface area contributed by atoms with E-state index in [1.54, 1.807) is 0 Å². The molecule has 1 aliphatic carbocycles. The fraction of sp³-hybridized carbons (Fsp3) is 0.917. The highest BCUT2D eigenvalue weighted by atomic mass is 16.3. The Hall–Kier alpha value is -0.370. The lowest BCUT2D eigenvalue weighted by atomic mass is 9.65. The quantitative estimate of drug-likeness (QED) is 0.756. The molecular weight excluding hydrogens is 176 g/mol. The van der Waals surface area contributed by atoms with Crippen molar-refractivity contribution in [3.8, 4) is 0 Å². The molecule has 0 bridgehead atoms. The summed E-state index contributed by atoms with van der Waals surface area (Å²) in [6.45, 7) is 8.10. The lowest BCUT2D eigenvalue weighted by Gasteiger charge is -2.42. The molecule has 1 aliphatic rings. The number of hydrogen-bond donors (Lipinski definition) is 1. The van der Waals surface area contributed by atoms with E-state index in [9.17, 15) is 9.90 Å². The summed E-state index contributed by atoms with van der Waals surface area (Å²) in [7, 11) is 0. The number of hydrogen-bond acceptors (Lipinski definition) is 2. The van der Waals surface area contributed by atoms with Gasteiger partial charge in [-0.05, 0) is 18.3 Å². The summed E-state index contributed by atoms with van der Waals surface area (Å²) >= 11 is 0. The predicted molar refractivity (Wildman–Crippen MR) is 57.0 cm³/mol. The maximum Gasteiger partial charge on any atom is 0.162 e. The highest BCUT2D eigenvalue weighted by Gasteiger charge is 2.42. The molecule has 82 valence electrons. The SMILES string of the molecule is CC(C)(C)CC(=O)C(O)C1(C)CCC1. The second-order valence-electron chi connectivity index (χ2n) is 6.11. The average molecular weight is 198 g/mol. The van der Waals surface area contributed by atoms with E-state index < -0.39 is 6.10 Å². The van der Waals surface area contributed by atoms with Crippen molar-refractivity contribution < 1.29 is 9.90 Å². The Morgan fingerprint density at radius 3 is 2.21 bits per heavy atom. The first kappa shape index (κ1) is 11.7. The van der Waals surface area contributed by atoms with Gasteiger partial charge in [0.2, 0.25) is 0 Å². The Labute approximate surface area is 86.7 Å². The zero-order valence-electron chi connectivity index (χ0n) is 9.76. The highest BCUT2D eigenvalue weighted by molar-refractivity contribution is 5.84. The van der Waals surface area contributed by atoms with E-state index in [1.807, 2.05) is 27.7 Å². The molecule has 1 fully saturated rings. The topological polar surface area (TPSA) is 37.3 Å². The first-order valence-electron chi connectivity index (χ1n) is 5.45. The first-order valence-corrected chi connectivity index (χ1v) is 5.45. The molecule has 2 nitrogen and oxygen atoms in total. The minimum absolute atomic E-state index is 0.0136. The summed E-state index contributed by atoms with van der Waals surface area (Å²) in [4.78, 5) is 11.7. The second kappa shape index (κ2) is 3.65. The number of rotatable bonds is 3. The van der Waals surface area contributed by atoms with Crippen molar-refractivity contribution in [2.24, 2.45) is 10.8 Å². The van der Waals surface area contributed by atoms with Crippen LogP contribution in [-0.4, -0.2) is 17.0 Å². The molecule has 1 unspecified atom stereocenters. The number of aliphatic hydroxyl groups excluding tert-OH is 1. The smallest absolute Gasteiger partial charge is 0.162 e. The van der Waals surface area contributed by atoms with Gasteiger partial charge in [0.1, 0.15) is 6.10 Å². The van der Waals surface area contributed by atoms with Crippen LogP contribution in [0.15, 0.2) is 0 Å². The Morgan fingerprint density at radius 2 is 1.93 bits per heavy atom. The minimum atomic E-state index is -0.740. The molecule has 0 heterocycles. The van der Waals surface area contributed by atoms with Gasteiger partial charge in [0.05, 0.1) is 0 Å². The van der Waals surface area contributed by atoms with Crippen LogP contribution in [0.5, 0.6) is 0 Å². The molecule has 1 rings (SSSR count). The molecule has 0 aromatic rings. The largest absolute Gasteiger partial charge is 0.385 e. The van der Waals surface area contributed by atoms with Gasteiger partial charge in [-0.25, -0.2) is 0 Å². The second-order valence-corrected chi connectivity index (χ2v) is 6.11. The molecule has 2 heteroatoms. The van der Waals surface area contributed by atoms with Crippen molar-refractivity contribution in [3.63, 3.8) is 0 Å². The third-order valence-electron chi connectivity index (χ3n) is 3.17. The van der Waals surface area contributed by atoms with Crippen LogP contribution in [0.3, 0.4) is 0 Å². The van der Waals surface area contributed by atoms with Crippen LogP contribution in [0, 0.1) is 10.8 Å². The van der Waals surface area contributed by atoms with Crippen molar-refractivity contribution >= 4 is 5.78 Å². The van der Waals surface area contributed by atoms with Crippen LogP contribution in [0.25, 0.3) is 0 Å². The van der Waals surface area contributed by atoms with E-state index in [-0.39, 0.29) is 16.6 Å². The fourth-order valence-corrected chi connectivity index (χ4v) is 2.02. The van der Waals surface area contributed by atoms with Crippen LogP contribution >= 0.6 is 0 Å². The molecule has 1 saturated carbocycles. The molecule has 0 aromatic heterocycles. The summed E-state index contributed by atoms with van der Waals surface area (Å²) in [5, 5.41) is 9.91. The van der Waals surface area contributed by atoms with E-state index >= 15 is 0 Å². The first-order chi connectivity index (χ1) is 6.25. The molecule has 0 saturated heterocycles. The minimum Gasteiger partial charge on any atom is -0.385 e. The number of aliphatic hydroxyl groups is 1. The average Bonchev–Trinajstić information content (AvgIpc) is 1.95. The van der Waals surface area contributed by atoms with Crippen LogP contribution in [-0.2, 0) is 4.79 Å². The van der Waals surface area contributed by atoms with Gasteiger partial charge in [-0.1, -0.05) is 34.1 Å². The van der Waals surface area contributed by atoms with E-state index in [2.05, 4.69) is 0 Å². The zero-order valence-corrected chi connectivity index (χ0v) is 9.76. The molecule has 0 aromatic carbocycles. The van der Waals surface area contributed by atoms with Crippen molar-refractivity contribution in [1.29, 1.82) is 0 Å². The van der Waals surface area contributed by atoms with Crippen LogP contribution in [0.1, 0.15) is 53.4 Å². The molecule has 0 amide bonds. The van der Waals surface area contributed by atoms with E-state index in [0.29, 0.717) is 6.42 Å². The number of ketones is 1. The number of carbonyl (C=O) groups is 1. The summed E-state index contributed by atoms with van der Waals surface area (Å²) in [6, 6.07) is 0. The van der Waals surface area contributed by atoms with Gasteiger partial charge in [-0.3, -0.25) is 4.79 Å². The lowest BCUT2D eigenvalue weighted by molar-refractivity contribution is -0.139. The van der Waals surface area contributed by atoms with E-state index in [4.69, 9.17) is 0 Å². The van der Waals surface area contributed by atoms with Crippen LogP contribution < -0.4 is 0 Å². The summed E-state index contributed by atoms with van der Waals surface area (Å²) in [5.74, 6) is 0.0136. The molecular formula is C12H22O2. The number of carbonyl (C=O) groups excluding carboxylic acids is 1. The Balaban J connectivity index is 2.52. The number of Topliss-reactive ketones (excluding diaryl/α,β-unsaturated/α-hetero) is 1. The third kappa shape index (κ3) is 2.57. The molecule has 0 radical (unpaired) electrons. The summed E-state index contributed by atoms with van der Waals surface area (Å²) < 4.78 is 0. The van der Waals surface area contributed by atoms with Crippen LogP contribution in [0.4, 0.5) is 0 Å². The van der Waals surface area contributed by atoms with Crippen molar-refractivity contribution in [3.05, 3.63) is 0 Å². The molecule has 14 heavy (non-hydrogen) atoms. The highest BCUT2D eigenvalue weighted by Crippen LogP contribution is 2.44. The predicted octanol–water partition coefficient (Wildman–Crippen LogP) is 2.54. The van der Waals surface area contributed by atoms with Crippen LogP contribution in [0.2, 0.25) is 0 Å². The Kier molecular flexibility index (Phi) is 3.05. The summed E-state index contributed by atoms with van der Waals surface area (Å²) in [5.41, 5.74) is -0.138. The monoisotopic (exact) mass is 198 g/mol. The van der Waals surface area contributed by atoms with E-state index in [0.717, 1.165) is 19.3 Å². The van der Waals surface area contributed by atoms with Crippen molar-refractivity contribution in [2.45, 2.75) is 59.5 Å². The Bertz CT molecular complexity index is 221. The van der Waals surface area contributed by atoms with Gasteiger partial charge >= 0.3 is 0 Å². The zero-order chi connectivity index (χ0) is 11.0. The van der Waals surface area contributed by atoms with Crippen molar-refractivity contribution in [2.75, 3.05) is 0 Å². The molecule has 0 spiro atoms. The lowest BCUT2D eigenvalue weighted by Crippen LogP contribution is -2.44. The third-order valence-corrected chi connectivity index (χ3v) is 3.17. The Morgan fingerprint density at radius 1 is 1.43 bits per heavy atom.